The molecular weight excluding hydrogens is 368 g/mol. The van der Waals surface area contributed by atoms with Crippen LogP contribution in [0, 0.1) is 23.2 Å². The number of methoxy groups -OCH3 is 1. The van der Waals surface area contributed by atoms with Crippen molar-refractivity contribution in [2.24, 2.45) is 11.8 Å². The van der Waals surface area contributed by atoms with Crippen LogP contribution < -0.4 is 10.1 Å². The first-order valence-electron chi connectivity index (χ1n) is 10.4. The summed E-state index contributed by atoms with van der Waals surface area (Å²) in [5, 5.41) is 12.5. The molecule has 3 rings (SSSR count). The third-order valence-electron chi connectivity index (χ3n) is 6.10. The lowest BCUT2D eigenvalue weighted by atomic mass is 9.77. The van der Waals surface area contributed by atoms with E-state index in [0.29, 0.717) is 30.8 Å². The number of hydrogen-bond acceptors (Lipinski definition) is 5. The fourth-order valence-corrected chi connectivity index (χ4v) is 4.34. The van der Waals surface area contributed by atoms with Crippen LogP contribution in [-0.2, 0) is 9.59 Å². The molecule has 1 saturated carbocycles. The number of rotatable bonds is 5. The number of nitrogens with one attached hydrogen (secondary N) is 1. The van der Waals surface area contributed by atoms with E-state index in [0.717, 1.165) is 32.4 Å². The summed E-state index contributed by atoms with van der Waals surface area (Å²) < 4.78 is 5.34. The maximum Gasteiger partial charge on any atom is 0.226 e. The normalized spacial score (nSPS) is 23.7. The van der Waals surface area contributed by atoms with E-state index in [1.165, 1.54) is 0 Å². The number of nitrogens with zero attached hydrogens (tertiary/aromatic N) is 3. The summed E-state index contributed by atoms with van der Waals surface area (Å²) in [5.74, 6) is -0.253. The number of carbonyl (C=O) groups excluding carboxylic acids is 2. The van der Waals surface area contributed by atoms with Crippen molar-refractivity contribution in [2.75, 3.05) is 40.3 Å². The van der Waals surface area contributed by atoms with Gasteiger partial charge in [0.15, 0.2) is 0 Å². The molecule has 0 bridgehead atoms. The molecule has 1 aromatic rings. The standard InChI is InChI=1S/C22H30N4O3/c1-25-11-13-26(14-12-25)22(28)17-8-4-3-7-16(17)21(27)24-19(15-23)18-9-5-6-10-20(18)29-2/h5-6,9-10,16-17,19H,3-4,7-8,11-14H2,1-2H3,(H,24,27)/t16-,17-,19?/m1/s1. The Morgan fingerprint density at radius 1 is 1.14 bits per heavy atom. The van der Waals surface area contributed by atoms with E-state index in [2.05, 4.69) is 23.3 Å². The number of benzene rings is 1. The Morgan fingerprint density at radius 3 is 2.45 bits per heavy atom. The second-order valence-corrected chi connectivity index (χ2v) is 7.94. The summed E-state index contributed by atoms with van der Waals surface area (Å²) in [6.07, 6.45) is 3.30. The van der Waals surface area contributed by atoms with Crippen molar-refractivity contribution in [3.63, 3.8) is 0 Å². The Balaban J connectivity index is 1.72. The molecule has 1 aromatic carbocycles. The number of likely N-dealkylation sites (N-methyl/N-ethyl adjacent to an activating group) is 1. The lowest BCUT2D eigenvalue weighted by molar-refractivity contribution is -0.145. The number of para-hydroxylation sites is 1. The molecule has 3 atom stereocenters. The zero-order chi connectivity index (χ0) is 20.8. The third-order valence-corrected chi connectivity index (χ3v) is 6.10. The van der Waals surface area contributed by atoms with Gasteiger partial charge in [-0.25, -0.2) is 0 Å². The molecule has 1 aliphatic carbocycles. The minimum Gasteiger partial charge on any atom is -0.496 e. The topological polar surface area (TPSA) is 85.7 Å². The molecule has 0 aromatic heterocycles. The average Bonchev–Trinajstić information content (AvgIpc) is 2.77. The van der Waals surface area contributed by atoms with Crippen LogP contribution in [0.5, 0.6) is 5.75 Å². The van der Waals surface area contributed by atoms with Crippen molar-refractivity contribution in [2.45, 2.75) is 31.7 Å². The van der Waals surface area contributed by atoms with Crippen LogP contribution in [0.15, 0.2) is 24.3 Å². The number of carbonyl (C=O) groups is 2. The third kappa shape index (κ3) is 4.88. The summed E-state index contributed by atoms with van der Waals surface area (Å²) in [6.45, 7) is 3.14. The largest absolute Gasteiger partial charge is 0.496 e. The molecule has 1 heterocycles. The first-order chi connectivity index (χ1) is 14.0. The molecule has 0 radical (unpaired) electrons. The minimum absolute atomic E-state index is 0.0868. The second kappa shape index (κ2) is 9.75. The van der Waals surface area contributed by atoms with E-state index in [-0.39, 0.29) is 23.7 Å². The number of piperazine rings is 1. The van der Waals surface area contributed by atoms with Crippen molar-refractivity contribution in [1.29, 1.82) is 5.26 Å². The number of amides is 2. The van der Waals surface area contributed by atoms with Gasteiger partial charge in [0.1, 0.15) is 11.8 Å². The van der Waals surface area contributed by atoms with Crippen LogP contribution in [0.3, 0.4) is 0 Å². The van der Waals surface area contributed by atoms with Crippen molar-refractivity contribution in [1.82, 2.24) is 15.1 Å². The fourth-order valence-electron chi connectivity index (χ4n) is 4.34. The molecule has 29 heavy (non-hydrogen) atoms. The zero-order valence-corrected chi connectivity index (χ0v) is 17.3. The summed E-state index contributed by atoms with van der Waals surface area (Å²) >= 11 is 0. The van der Waals surface area contributed by atoms with E-state index >= 15 is 0 Å². The quantitative estimate of drug-likeness (QED) is 0.819. The predicted octanol–water partition coefficient (Wildman–Crippen LogP) is 1.96. The molecule has 1 N–H and O–H groups in total. The maximum atomic E-state index is 13.1. The smallest absolute Gasteiger partial charge is 0.226 e. The fraction of sp³-hybridized carbons (Fsp3) is 0.591. The summed E-state index contributed by atoms with van der Waals surface area (Å²) in [4.78, 5) is 30.4. The molecule has 1 unspecified atom stereocenters. The SMILES string of the molecule is COc1ccccc1C(C#N)NC(=O)[C@@H]1CCCC[C@H]1C(=O)N1CCN(C)CC1. The summed E-state index contributed by atoms with van der Waals surface area (Å²) in [6, 6.07) is 8.54. The van der Waals surface area contributed by atoms with Gasteiger partial charge in [0, 0.05) is 43.6 Å². The van der Waals surface area contributed by atoms with Gasteiger partial charge in [0.25, 0.3) is 0 Å². The van der Waals surface area contributed by atoms with Gasteiger partial charge in [-0.05, 0) is 26.0 Å². The van der Waals surface area contributed by atoms with Crippen LogP contribution in [0.4, 0.5) is 0 Å². The zero-order valence-electron chi connectivity index (χ0n) is 17.3. The average molecular weight is 399 g/mol. The van der Waals surface area contributed by atoms with Crippen molar-refractivity contribution in [3.05, 3.63) is 29.8 Å². The first-order valence-corrected chi connectivity index (χ1v) is 10.4. The Hall–Kier alpha value is -2.59. The van der Waals surface area contributed by atoms with Gasteiger partial charge in [-0.3, -0.25) is 9.59 Å². The highest BCUT2D eigenvalue weighted by molar-refractivity contribution is 5.88. The van der Waals surface area contributed by atoms with Gasteiger partial charge in [-0.15, -0.1) is 0 Å². The highest BCUT2D eigenvalue weighted by Gasteiger charge is 2.39. The van der Waals surface area contributed by atoms with E-state index in [1.54, 1.807) is 19.2 Å². The van der Waals surface area contributed by atoms with Crippen LogP contribution in [0.2, 0.25) is 0 Å². The van der Waals surface area contributed by atoms with E-state index < -0.39 is 6.04 Å². The molecule has 7 nitrogen and oxygen atoms in total. The predicted molar refractivity (Wildman–Crippen MR) is 109 cm³/mol. The van der Waals surface area contributed by atoms with Gasteiger partial charge in [0.2, 0.25) is 11.8 Å². The summed E-state index contributed by atoms with van der Waals surface area (Å²) in [7, 11) is 3.60. The van der Waals surface area contributed by atoms with E-state index in [1.807, 2.05) is 17.0 Å². The van der Waals surface area contributed by atoms with E-state index in [9.17, 15) is 14.9 Å². The van der Waals surface area contributed by atoms with Gasteiger partial charge >= 0.3 is 0 Å². The minimum atomic E-state index is -0.806. The number of hydrogen-bond donors (Lipinski definition) is 1. The van der Waals surface area contributed by atoms with Crippen LogP contribution >= 0.6 is 0 Å². The van der Waals surface area contributed by atoms with Crippen molar-refractivity contribution >= 4 is 11.8 Å². The van der Waals surface area contributed by atoms with Crippen molar-refractivity contribution in [3.8, 4) is 11.8 Å². The van der Waals surface area contributed by atoms with Gasteiger partial charge in [-0.1, -0.05) is 31.0 Å². The lowest BCUT2D eigenvalue weighted by Crippen LogP contribution is -2.52. The monoisotopic (exact) mass is 398 g/mol. The Bertz CT molecular complexity index is 768. The Labute approximate surface area is 172 Å². The molecule has 156 valence electrons. The number of ether oxygens (including phenoxy) is 1. The van der Waals surface area contributed by atoms with Gasteiger partial charge in [-0.2, -0.15) is 5.26 Å². The van der Waals surface area contributed by atoms with Gasteiger partial charge < -0.3 is 19.9 Å². The van der Waals surface area contributed by atoms with Gasteiger partial charge in [0.05, 0.1) is 13.2 Å². The molecule has 2 aliphatic rings. The Kier molecular flexibility index (Phi) is 7.10. The molecule has 2 amide bonds. The lowest BCUT2D eigenvalue weighted by Gasteiger charge is -2.38. The first kappa shape index (κ1) is 21.1. The molecule has 1 aliphatic heterocycles. The molecule has 1 saturated heterocycles. The number of nitriles is 1. The molecule has 0 spiro atoms. The van der Waals surface area contributed by atoms with Crippen molar-refractivity contribution < 1.29 is 14.3 Å². The van der Waals surface area contributed by atoms with Crippen LogP contribution in [0.1, 0.15) is 37.3 Å². The molecule has 2 fully saturated rings. The molecule has 7 heteroatoms. The summed E-state index contributed by atoms with van der Waals surface area (Å²) in [5.41, 5.74) is 0.628. The van der Waals surface area contributed by atoms with Crippen LogP contribution in [-0.4, -0.2) is 62.0 Å². The van der Waals surface area contributed by atoms with E-state index in [4.69, 9.17) is 4.74 Å². The second-order valence-electron chi connectivity index (χ2n) is 7.94. The highest BCUT2D eigenvalue weighted by atomic mass is 16.5. The Morgan fingerprint density at radius 2 is 1.79 bits per heavy atom. The maximum absolute atomic E-state index is 13.1. The highest BCUT2D eigenvalue weighted by Crippen LogP contribution is 2.33. The molecular formula is C22H30N4O3. The van der Waals surface area contributed by atoms with Crippen LogP contribution in [0.25, 0.3) is 0 Å².